The Morgan fingerprint density at radius 1 is 1.40 bits per heavy atom. The van der Waals surface area contributed by atoms with Gasteiger partial charge in [0.05, 0.1) is 17.9 Å². The second-order valence-electron chi connectivity index (χ2n) is 1.95. The van der Waals surface area contributed by atoms with Crippen LogP contribution in [-0.2, 0) is 0 Å². The summed E-state index contributed by atoms with van der Waals surface area (Å²) in [5, 5.41) is 5.12. The van der Waals surface area contributed by atoms with Crippen molar-refractivity contribution in [1.82, 2.24) is 0 Å². The van der Waals surface area contributed by atoms with Crippen molar-refractivity contribution < 1.29 is 4.42 Å². The van der Waals surface area contributed by atoms with Gasteiger partial charge in [0.1, 0.15) is 0 Å². The second kappa shape index (κ2) is 2.31. The van der Waals surface area contributed by atoms with Gasteiger partial charge in [-0.25, -0.2) is 0 Å². The zero-order valence-corrected chi connectivity index (χ0v) is 6.02. The molecular formula is C8H5OS. The molecule has 0 amide bonds. The van der Waals surface area contributed by atoms with E-state index >= 15 is 0 Å². The lowest BCUT2D eigenvalue weighted by Crippen LogP contribution is -1.61. The summed E-state index contributed by atoms with van der Waals surface area (Å²) in [5.74, 6) is 0. The molecule has 0 bridgehead atoms. The standard InChI is InChI=1S/C8H5OS/c1-3-9-5-7(1)8-2-4-10-6-8/h1-5H. The van der Waals surface area contributed by atoms with Crippen LogP contribution in [0, 0.1) is 5.38 Å². The summed E-state index contributed by atoms with van der Waals surface area (Å²) >= 11 is 1.57. The quantitative estimate of drug-likeness (QED) is 0.607. The number of hydrogen-bond donors (Lipinski definition) is 0. The molecule has 0 saturated carbocycles. The Hall–Kier alpha value is -1.02. The molecule has 2 aromatic heterocycles. The Kier molecular flexibility index (Phi) is 1.32. The molecule has 0 fully saturated rings. The van der Waals surface area contributed by atoms with Crippen molar-refractivity contribution in [3.8, 4) is 11.1 Å². The first kappa shape index (κ1) is 5.74. The van der Waals surface area contributed by atoms with E-state index in [4.69, 9.17) is 4.42 Å². The first-order valence-electron chi connectivity index (χ1n) is 2.94. The van der Waals surface area contributed by atoms with Gasteiger partial charge in [0.2, 0.25) is 0 Å². The molecule has 49 valence electrons. The highest BCUT2D eigenvalue weighted by Crippen LogP contribution is 2.20. The van der Waals surface area contributed by atoms with E-state index in [0.29, 0.717) is 0 Å². The lowest BCUT2D eigenvalue weighted by atomic mass is 10.2. The molecule has 0 N–H and O–H groups in total. The molecule has 2 rings (SSSR count). The molecule has 0 saturated heterocycles. The smallest absolute Gasteiger partial charge is 0.0981 e. The van der Waals surface area contributed by atoms with Crippen LogP contribution < -0.4 is 0 Å². The molecule has 1 nitrogen and oxygen atoms in total. The molecule has 1 radical (unpaired) electrons. The number of furan rings is 1. The van der Waals surface area contributed by atoms with Gasteiger partial charge in [-0.05, 0) is 17.5 Å². The molecule has 0 spiro atoms. The summed E-state index contributed by atoms with van der Waals surface area (Å²) < 4.78 is 4.92. The van der Waals surface area contributed by atoms with E-state index in [-0.39, 0.29) is 0 Å². The molecule has 2 heterocycles. The number of hydrogen-bond acceptors (Lipinski definition) is 2. The van der Waals surface area contributed by atoms with Gasteiger partial charge in [0.25, 0.3) is 0 Å². The Balaban J connectivity index is 2.48. The molecule has 0 aliphatic heterocycles. The van der Waals surface area contributed by atoms with Crippen molar-refractivity contribution in [1.29, 1.82) is 0 Å². The predicted molar refractivity (Wildman–Crippen MR) is 40.9 cm³/mol. The van der Waals surface area contributed by atoms with Crippen LogP contribution in [0.25, 0.3) is 11.1 Å². The first-order chi connectivity index (χ1) is 4.97. The van der Waals surface area contributed by atoms with Crippen molar-refractivity contribution in [2.75, 3.05) is 0 Å². The van der Waals surface area contributed by atoms with Gasteiger partial charge in [0.15, 0.2) is 0 Å². The molecule has 0 aromatic carbocycles. The fraction of sp³-hybridized carbons (Fsp3) is 0. The van der Waals surface area contributed by atoms with E-state index in [1.807, 2.05) is 17.5 Å². The van der Waals surface area contributed by atoms with Crippen LogP contribution in [0.3, 0.4) is 0 Å². The molecule has 10 heavy (non-hydrogen) atoms. The number of thiophene rings is 1. The summed E-state index contributed by atoms with van der Waals surface area (Å²) in [6.45, 7) is 0. The summed E-state index contributed by atoms with van der Waals surface area (Å²) in [5.41, 5.74) is 2.21. The van der Waals surface area contributed by atoms with Crippen LogP contribution >= 0.6 is 11.3 Å². The van der Waals surface area contributed by atoms with E-state index in [1.165, 1.54) is 0 Å². The van der Waals surface area contributed by atoms with Gasteiger partial charge in [-0.3, -0.25) is 0 Å². The summed E-state index contributed by atoms with van der Waals surface area (Å²) in [6.07, 6.45) is 3.39. The topological polar surface area (TPSA) is 13.1 Å². The normalized spacial score (nSPS) is 10.0. The lowest BCUT2D eigenvalue weighted by molar-refractivity contribution is 0.568. The average molecular weight is 149 g/mol. The summed E-state index contributed by atoms with van der Waals surface area (Å²) in [4.78, 5) is 0. The van der Waals surface area contributed by atoms with Crippen molar-refractivity contribution in [2.45, 2.75) is 0 Å². The molecule has 2 aromatic rings. The molecular weight excluding hydrogens is 144 g/mol. The SMILES string of the molecule is [c]1sccc1-c1ccoc1. The van der Waals surface area contributed by atoms with Crippen LogP contribution in [-0.4, -0.2) is 0 Å². The Morgan fingerprint density at radius 3 is 3.00 bits per heavy atom. The van der Waals surface area contributed by atoms with E-state index in [1.54, 1.807) is 23.9 Å². The molecule has 0 aliphatic rings. The fourth-order valence-electron chi connectivity index (χ4n) is 0.806. The lowest BCUT2D eigenvalue weighted by Gasteiger charge is -1.83. The van der Waals surface area contributed by atoms with Crippen molar-refractivity contribution >= 4 is 11.3 Å². The van der Waals surface area contributed by atoms with E-state index < -0.39 is 0 Å². The zero-order valence-electron chi connectivity index (χ0n) is 5.20. The fourth-order valence-corrected chi connectivity index (χ4v) is 1.39. The van der Waals surface area contributed by atoms with Crippen LogP contribution in [0.4, 0.5) is 0 Å². The zero-order chi connectivity index (χ0) is 6.81. The third-order valence-electron chi connectivity index (χ3n) is 1.30. The van der Waals surface area contributed by atoms with Gasteiger partial charge in [0, 0.05) is 11.1 Å². The Bertz CT molecular complexity index is 249. The monoisotopic (exact) mass is 149 g/mol. The average Bonchev–Trinajstić information content (AvgIpc) is 2.59. The van der Waals surface area contributed by atoms with Gasteiger partial charge in [-0.15, -0.1) is 11.3 Å². The van der Waals surface area contributed by atoms with Crippen molar-refractivity contribution in [3.63, 3.8) is 0 Å². The largest absolute Gasteiger partial charge is 0.472 e. The third kappa shape index (κ3) is 0.866. The van der Waals surface area contributed by atoms with Crippen LogP contribution in [0.15, 0.2) is 34.5 Å². The highest BCUT2D eigenvalue weighted by Gasteiger charge is 1.97. The Labute approximate surface area is 62.9 Å². The van der Waals surface area contributed by atoms with Gasteiger partial charge in [-0.2, -0.15) is 0 Å². The minimum atomic E-state index is 1.10. The second-order valence-corrected chi connectivity index (χ2v) is 2.66. The maximum Gasteiger partial charge on any atom is 0.0981 e. The maximum atomic E-state index is 4.92. The van der Waals surface area contributed by atoms with Gasteiger partial charge < -0.3 is 4.42 Å². The van der Waals surface area contributed by atoms with Crippen molar-refractivity contribution in [2.24, 2.45) is 0 Å². The van der Waals surface area contributed by atoms with E-state index in [0.717, 1.165) is 11.1 Å². The minimum absolute atomic E-state index is 1.10. The molecule has 0 unspecified atom stereocenters. The molecule has 0 aliphatic carbocycles. The summed E-state index contributed by atoms with van der Waals surface area (Å²) in [6, 6.07) is 3.95. The first-order valence-corrected chi connectivity index (χ1v) is 3.82. The van der Waals surface area contributed by atoms with Gasteiger partial charge >= 0.3 is 0 Å². The maximum absolute atomic E-state index is 4.92. The van der Waals surface area contributed by atoms with Crippen LogP contribution in [0.2, 0.25) is 0 Å². The summed E-state index contributed by atoms with van der Waals surface area (Å²) in [7, 11) is 0. The van der Waals surface area contributed by atoms with E-state index in [9.17, 15) is 0 Å². The van der Waals surface area contributed by atoms with Crippen molar-refractivity contribution in [3.05, 3.63) is 35.4 Å². The van der Waals surface area contributed by atoms with Crippen LogP contribution in [0.1, 0.15) is 0 Å². The third-order valence-corrected chi connectivity index (χ3v) is 1.91. The molecule has 2 heteroatoms. The Morgan fingerprint density at radius 2 is 2.40 bits per heavy atom. The minimum Gasteiger partial charge on any atom is -0.472 e. The van der Waals surface area contributed by atoms with Crippen LogP contribution in [0.5, 0.6) is 0 Å². The number of rotatable bonds is 1. The van der Waals surface area contributed by atoms with Gasteiger partial charge in [-0.1, -0.05) is 0 Å². The van der Waals surface area contributed by atoms with E-state index in [2.05, 4.69) is 5.38 Å². The molecule has 0 atom stereocenters. The predicted octanol–water partition coefficient (Wildman–Crippen LogP) is 2.81. The highest BCUT2D eigenvalue weighted by atomic mass is 32.1. The highest BCUT2D eigenvalue weighted by molar-refractivity contribution is 7.07.